The van der Waals surface area contributed by atoms with Gasteiger partial charge in [0.25, 0.3) is 0 Å². The van der Waals surface area contributed by atoms with E-state index < -0.39 is 0 Å². The van der Waals surface area contributed by atoms with Gasteiger partial charge >= 0.3 is 0 Å². The largest absolute Gasteiger partial charge is 0.341 e. The molecule has 0 bridgehead atoms. The zero-order valence-corrected chi connectivity index (χ0v) is 10.7. The van der Waals surface area contributed by atoms with Gasteiger partial charge in [0.05, 0.1) is 5.92 Å². The highest BCUT2D eigenvalue weighted by Crippen LogP contribution is 2.14. The van der Waals surface area contributed by atoms with E-state index in [1.54, 1.807) is 18.0 Å². The third-order valence-corrected chi connectivity index (χ3v) is 3.33. The number of nitrogens with zero attached hydrogens (tertiary/aromatic N) is 1. The molecule has 2 rings (SSSR count). The number of hydrogen-bond acceptors (Lipinski definition) is 2. The Balaban J connectivity index is 1.94. The molecule has 1 aromatic carbocycles. The monoisotopic (exact) mass is 250 g/mol. The number of rotatable bonds is 3. The molecule has 1 aromatic rings. The molecular weight excluding hydrogens is 231 g/mol. The van der Waals surface area contributed by atoms with Gasteiger partial charge in [-0.25, -0.2) is 4.39 Å². The summed E-state index contributed by atoms with van der Waals surface area (Å²) >= 11 is 0. The molecule has 1 amide bonds. The minimum atomic E-state index is -0.257. The average Bonchev–Trinajstić information content (AvgIpc) is 2.39. The molecule has 18 heavy (non-hydrogen) atoms. The van der Waals surface area contributed by atoms with Gasteiger partial charge in [0.1, 0.15) is 5.82 Å². The van der Waals surface area contributed by atoms with Crippen LogP contribution in [0.15, 0.2) is 24.3 Å². The first-order valence-corrected chi connectivity index (χ1v) is 6.37. The van der Waals surface area contributed by atoms with Gasteiger partial charge in [-0.15, -0.1) is 0 Å². The molecule has 98 valence electrons. The van der Waals surface area contributed by atoms with E-state index in [9.17, 15) is 9.18 Å². The molecule has 0 radical (unpaired) electrons. The highest BCUT2D eigenvalue weighted by atomic mass is 19.1. The second-order valence-corrected chi connectivity index (χ2v) is 4.87. The van der Waals surface area contributed by atoms with Crippen LogP contribution in [0.1, 0.15) is 18.4 Å². The zero-order valence-electron chi connectivity index (χ0n) is 10.7. The summed E-state index contributed by atoms with van der Waals surface area (Å²) in [5, 5.41) is 3.24. The Hall–Kier alpha value is -1.42. The molecule has 1 heterocycles. The number of carbonyl (C=O) groups is 1. The summed E-state index contributed by atoms with van der Waals surface area (Å²) in [5.41, 5.74) is 0.828. The molecule has 1 aliphatic rings. The maximum absolute atomic E-state index is 13.1. The van der Waals surface area contributed by atoms with Crippen LogP contribution in [-0.4, -0.2) is 30.9 Å². The lowest BCUT2D eigenvalue weighted by Gasteiger charge is -2.27. The van der Waals surface area contributed by atoms with Crippen molar-refractivity contribution in [1.29, 1.82) is 0 Å². The van der Waals surface area contributed by atoms with E-state index in [2.05, 4.69) is 5.32 Å². The van der Waals surface area contributed by atoms with Gasteiger partial charge in [-0.05, 0) is 37.1 Å². The summed E-state index contributed by atoms with van der Waals surface area (Å²) in [4.78, 5) is 13.9. The zero-order chi connectivity index (χ0) is 13.0. The fraction of sp³-hybridized carbons (Fsp3) is 0.500. The fourth-order valence-corrected chi connectivity index (χ4v) is 2.36. The normalized spacial score (nSPS) is 19.6. The van der Waals surface area contributed by atoms with Gasteiger partial charge in [0.2, 0.25) is 5.91 Å². The number of amides is 1. The molecule has 1 saturated heterocycles. The Labute approximate surface area is 107 Å². The summed E-state index contributed by atoms with van der Waals surface area (Å²) in [6.45, 7) is 2.22. The Morgan fingerprint density at radius 1 is 1.56 bits per heavy atom. The van der Waals surface area contributed by atoms with Crippen molar-refractivity contribution in [3.63, 3.8) is 0 Å². The molecule has 0 aliphatic carbocycles. The van der Waals surface area contributed by atoms with Gasteiger partial charge < -0.3 is 10.2 Å². The van der Waals surface area contributed by atoms with Crippen molar-refractivity contribution in [2.24, 2.45) is 5.92 Å². The predicted molar refractivity (Wildman–Crippen MR) is 68.5 cm³/mol. The molecule has 3 nitrogen and oxygen atoms in total. The van der Waals surface area contributed by atoms with Gasteiger partial charge in [-0.3, -0.25) is 4.79 Å². The molecule has 1 atom stereocenters. The molecule has 1 aliphatic heterocycles. The van der Waals surface area contributed by atoms with Crippen LogP contribution in [0.25, 0.3) is 0 Å². The van der Waals surface area contributed by atoms with Crippen molar-refractivity contribution < 1.29 is 9.18 Å². The third kappa shape index (κ3) is 3.29. The molecule has 0 saturated carbocycles. The maximum Gasteiger partial charge on any atom is 0.227 e. The lowest BCUT2D eigenvalue weighted by molar-refractivity contribution is -0.135. The first-order chi connectivity index (χ1) is 8.66. The van der Waals surface area contributed by atoms with Gasteiger partial charge in [0.15, 0.2) is 0 Å². The van der Waals surface area contributed by atoms with Crippen LogP contribution in [-0.2, 0) is 11.3 Å². The number of carbonyl (C=O) groups excluding carboxylic acids is 1. The molecule has 4 heteroatoms. The molecular formula is C14H19FN2O. The first kappa shape index (κ1) is 13.0. The number of hydrogen-bond donors (Lipinski definition) is 1. The molecule has 1 unspecified atom stereocenters. The van der Waals surface area contributed by atoms with Crippen LogP contribution in [0.2, 0.25) is 0 Å². The highest BCUT2D eigenvalue weighted by molar-refractivity contribution is 5.78. The smallest absolute Gasteiger partial charge is 0.227 e. The van der Waals surface area contributed by atoms with E-state index in [1.807, 2.05) is 6.07 Å². The summed E-state index contributed by atoms with van der Waals surface area (Å²) < 4.78 is 13.1. The average molecular weight is 250 g/mol. The Morgan fingerprint density at radius 2 is 2.39 bits per heavy atom. The number of halogens is 1. The predicted octanol–water partition coefficient (Wildman–Crippen LogP) is 1.78. The van der Waals surface area contributed by atoms with Crippen LogP contribution >= 0.6 is 0 Å². The first-order valence-electron chi connectivity index (χ1n) is 6.37. The summed E-state index contributed by atoms with van der Waals surface area (Å²) in [5.74, 6) is -0.0450. The van der Waals surface area contributed by atoms with Crippen LogP contribution in [0.3, 0.4) is 0 Å². The van der Waals surface area contributed by atoms with Crippen LogP contribution < -0.4 is 5.32 Å². The minimum absolute atomic E-state index is 0.0670. The standard InChI is InChI=1S/C14H19FN2O/c1-17(10-11-4-2-6-13(15)8-11)14(18)12-5-3-7-16-9-12/h2,4,6,8,12,16H,3,5,7,9-10H2,1H3. The van der Waals surface area contributed by atoms with Crippen molar-refractivity contribution in [2.75, 3.05) is 20.1 Å². The third-order valence-electron chi connectivity index (χ3n) is 3.33. The molecule has 1 fully saturated rings. The number of nitrogens with one attached hydrogen (secondary N) is 1. The lowest BCUT2D eigenvalue weighted by atomic mass is 9.98. The molecule has 1 N–H and O–H groups in total. The van der Waals surface area contributed by atoms with E-state index in [0.717, 1.165) is 31.5 Å². The van der Waals surface area contributed by atoms with Crippen molar-refractivity contribution in [3.05, 3.63) is 35.6 Å². The molecule has 0 spiro atoms. The van der Waals surface area contributed by atoms with E-state index >= 15 is 0 Å². The maximum atomic E-state index is 13.1. The highest BCUT2D eigenvalue weighted by Gasteiger charge is 2.23. The van der Waals surface area contributed by atoms with Crippen LogP contribution in [0.4, 0.5) is 4.39 Å². The van der Waals surface area contributed by atoms with E-state index in [0.29, 0.717) is 6.54 Å². The fourth-order valence-electron chi connectivity index (χ4n) is 2.36. The lowest BCUT2D eigenvalue weighted by Crippen LogP contribution is -2.41. The number of benzene rings is 1. The van der Waals surface area contributed by atoms with Crippen molar-refractivity contribution in [1.82, 2.24) is 10.2 Å². The van der Waals surface area contributed by atoms with Crippen LogP contribution in [0.5, 0.6) is 0 Å². The van der Waals surface area contributed by atoms with Crippen molar-refractivity contribution in [3.8, 4) is 0 Å². The summed E-state index contributed by atoms with van der Waals surface area (Å²) in [6, 6.07) is 6.40. The van der Waals surface area contributed by atoms with Crippen molar-refractivity contribution in [2.45, 2.75) is 19.4 Å². The summed E-state index contributed by atoms with van der Waals surface area (Å²) in [7, 11) is 1.78. The van der Waals surface area contributed by atoms with Gasteiger partial charge in [-0.2, -0.15) is 0 Å². The SMILES string of the molecule is CN(Cc1cccc(F)c1)C(=O)C1CCCNC1. The second kappa shape index (κ2) is 5.96. The Morgan fingerprint density at radius 3 is 3.06 bits per heavy atom. The Bertz CT molecular complexity index is 416. The second-order valence-electron chi connectivity index (χ2n) is 4.87. The van der Waals surface area contributed by atoms with Gasteiger partial charge in [-0.1, -0.05) is 12.1 Å². The van der Waals surface area contributed by atoms with E-state index in [1.165, 1.54) is 12.1 Å². The summed E-state index contributed by atoms with van der Waals surface area (Å²) in [6.07, 6.45) is 1.99. The topological polar surface area (TPSA) is 32.3 Å². The van der Waals surface area contributed by atoms with E-state index in [4.69, 9.17) is 0 Å². The molecule has 0 aromatic heterocycles. The minimum Gasteiger partial charge on any atom is -0.341 e. The van der Waals surface area contributed by atoms with Crippen molar-refractivity contribution >= 4 is 5.91 Å². The van der Waals surface area contributed by atoms with Gasteiger partial charge in [0, 0.05) is 20.1 Å². The quantitative estimate of drug-likeness (QED) is 0.887. The Kier molecular flexibility index (Phi) is 4.31. The number of piperidine rings is 1. The van der Waals surface area contributed by atoms with E-state index in [-0.39, 0.29) is 17.6 Å². The van der Waals surface area contributed by atoms with Crippen LogP contribution in [0, 0.1) is 11.7 Å².